The summed E-state index contributed by atoms with van der Waals surface area (Å²) in [6, 6.07) is 2.21. The van der Waals surface area contributed by atoms with Gasteiger partial charge in [-0.05, 0) is 12.0 Å². The molecule has 2 nitrogen and oxygen atoms in total. The van der Waals surface area contributed by atoms with Gasteiger partial charge < -0.3 is 4.57 Å². The molecule has 5 heteroatoms. The van der Waals surface area contributed by atoms with Crippen LogP contribution in [0, 0.1) is 17.6 Å². The predicted octanol–water partition coefficient (Wildman–Crippen LogP) is 4.14. The smallest absolute Gasteiger partial charge is 0.153 e. The number of aryl methyl sites for hydroxylation is 1. The molecule has 0 bridgehead atoms. The first-order valence-corrected chi connectivity index (χ1v) is 7.00. The quantitative estimate of drug-likeness (QED) is 0.755. The molecule has 1 aromatic heterocycles. The number of hydrogen-bond donors (Lipinski definition) is 0. The lowest BCUT2D eigenvalue weighted by Gasteiger charge is -2.13. The second-order valence-corrected chi connectivity index (χ2v) is 5.22. The minimum Gasteiger partial charge on any atom is -0.328 e. The van der Waals surface area contributed by atoms with Crippen LogP contribution in [-0.2, 0) is 13.0 Å². The number of hydrogen-bond acceptors (Lipinski definition) is 1. The van der Waals surface area contributed by atoms with Crippen molar-refractivity contribution in [1.29, 1.82) is 0 Å². The van der Waals surface area contributed by atoms with Crippen molar-refractivity contribution in [2.75, 3.05) is 5.88 Å². The predicted molar refractivity (Wildman–Crippen MR) is 73.5 cm³/mol. The second kappa shape index (κ2) is 5.87. The van der Waals surface area contributed by atoms with Gasteiger partial charge in [0.15, 0.2) is 5.82 Å². The fourth-order valence-corrected chi connectivity index (χ4v) is 2.29. The van der Waals surface area contributed by atoms with Gasteiger partial charge in [0.05, 0.1) is 5.52 Å². The van der Waals surface area contributed by atoms with E-state index >= 15 is 0 Å². The topological polar surface area (TPSA) is 17.8 Å². The molecule has 0 aliphatic heterocycles. The maximum atomic E-state index is 13.8. The Bertz CT molecular complexity index is 580. The van der Waals surface area contributed by atoms with Gasteiger partial charge in [0.2, 0.25) is 0 Å². The number of alkyl halides is 1. The van der Waals surface area contributed by atoms with Crippen LogP contribution in [0.1, 0.15) is 26.1 Å². The Kier molecular flexibility index (Phi) is 4.40. The molecule has 1 unspecified atom stereocenters. The van der Waals surface area contributed by atoms with Crippen molar-refractivity contribution >= 4 is 22.6 Å². The van der Waals surface area contributed by atoms with Crippen LogP contribution in [0.25, 0.3) is 11.0 Å². The molecule has 0 aliphatic carbocycles. The third-order valence-electron chi connectivity index (χ3n) is 3.36. The van der Waals surface area contributed by atoms with Crippen LogP contribution in [0.15, 0.2) is 12.1 Å². The SMILES string of the molecule is CCC(C)Cn1c(CCCl)nc2c(F)cc(F)cc21. The van der Waals surface area contributed by atoms with Gasteiger partial charge in [-0.2, -0.15) is 0 Å². The number of halogens is 3. The standard InChI is InChI=1S/C14H17ClF2N2/c1-3-9(2)8-19-12-7-10(16)6-11(17)14(12)18-13(19)4-5-15/h6-7,9H,3-5,8H2,1-2H3. The Hall–Kier alpha value is -1.16. The number of benzene rings is 1. The van der Waals surface area contributed by atoms with Crippen LogP contribution >= 0.6 is 11.6 Å². The molecule has 1 atom stereocenters. The van der Waals surface area contributed by atoms with Gasteiger partial charge in [0.1, 0.15) is 17.2 Å². The summed E-state index contributed by atoms with van der Waals surface area (Å²) in [4.78, 5) is 4.27. The second-order valence-electron chi connectivity index (χ2n) is 4.85. The molecule has 0 amide bonds. The minimum atomic E-state index is -0.617. The first-order valence-electron chi connectivity index (χ1n) is 6.47. The fourth-order valence-electron chi connectivity index (χ4n) is 2.12. The van der Waals surface area contributed by atoms with Gasteiger partial charge in [-0.15, -0.1) is 11.6 Å². The normalized spacial score (nSPS) is 13.1. The van der Waals surface area contributed by atoms with Gasteiger partial charge >= 0.3 is 0 Å². The molecular formula is C14H17ClF2N2. The van der Waals surface area contributed by atoms with E-state index in [1.807, 2.05) is 4.57 Å². The average Bonchev–Trinajstić information content (AvgIpc) is 2.69. The van der Waals surface area contributed by atoms with Crippen molar-refractivity contribution in [2.45, 2.75) is 33.2 Å². The molecular weight excluding hydrogens is 270 g/mol. The van der Waals surface area contributed by atoms with E-state index in [1.54, 1.807) is 0 Å². The molecule has 0 spiro atoms. The largest absolute Gasteiger partial charge is 0.328 e. The maximum absolute atomic E-state index is 13.8. The Labute approximate surface area is 116 Å². The zero-order valence-electron chi connectivity index (χ0n) is 11.1. The summed E-state index contributed by atoms with van der Waals surface area (Å²) in [6.45, 7) is 4.89. The average molecular weight is 287 g/mol. The van der Waals surface area contributed by atoms with E-state index in [2.05, 4.69) is 18.8 Å². The van der Waals surface area contributed by atoms with E-state index < -0.39 is 11.6 Å². The summed E-state index contributed by atoms with van der Waals surface area (Å²) in [6.07, 6.45) is 1.55. The highest BCUT2D eigenvalue weighted by Gasteiger charge is 2.16. The highest BCUT2D eigenvalue weighted by atomic mass is 35.5. The number of rotatable bonds is 5. The van der Waals surface area contributed by atoms with Crippen molar-refractivity contribution in [2.24, 2.45) is 5.92 Å². The third-order valence-corrected chi connectivity index (χ3v) is 3.55. The molecule has 0 radical (unpaired) electrons. The Morgan fingerprint density at radius 1 is 1.37 bits per heavy atom. The third kappa shape index (κ3) is 2.89. The van der Waals surface area contributed by atoms with Crippen LogP contribution in [0.4, 0.5) is 8.78 Å². The van der Waals surface area contributed by atoms with Gasteiger partial charge in [-0.3, -0.25) is 0 Å². The lowest BCUT2D eigenvalue weighted by molar-refractivity contribution is 0.466. The van der Waals surface area contributed by atoms with Crippen molar-refractivity contribution in [3.8, 4) is 0 Å². The molecule has 0 N–H and O–H groups in total. The Balaban J connectivity index is 2.58. The van der Waals surface area contributed by atoms with Gasteiger partial charge in [-0.25, -0.2) is 13.8 Å². The molecule has 0 saturated carbocycles. The van der Waals surface area contributed by atoms with Crippen LogP contribution in [0.5, 0.6) is 0 Å². The Morgan fingerprint density at radius 2 is 2.11 bits per heavy atom. The summed E-state index contributed by atoms with van der Waals surface area (Å²) in [5.74, 6) is 0.350. The number of aromatic nitrogens is 2. The summed E-state index contributed by atoms with van der Waals surface area (Å²) in [7, 11) is 0. The van der Waals surface area contributed by atoms with Crippen molar-refractivity contribution in [3.63, 3.8) is 0 Å². The van der Waals surface area contributed by atoms with Crippen LogP contribution in [0.3, 0.4) is 0 Å². The molecule has 1 aromatic carbocycles. The molecule has 0 saturated heterocycles. The fraction of sp³-hybridized carbons (Fsp3) is 0.500. The first-order chi connectivity index (χ1) is 9.06. The van der Waals surface area contributed by atoms with E-state index in [0.717, 1.165) is 18.3 Å². The zero-order valence-corrected chi connectivity index (χ0v) is 11.8. The summed E-state index contributed by atoms with van der Waals surface area (Å²) in [5.41, 5.74) is 0.739. The van der Waals surface area contributed by atoms with Crippen molar-refractivity contribution in [3.05, 3.63) is 29.6 Å². The van der Waals surface area contributed by atoms with Crippen molar-refractivity contribution in [1.82, 2.24) is 9.55 Å². The number of fused-ring (bicyclic) bond motifs is 1. The van der Waals surface area contributed by atoms with Gasteiger partial charge in [0.25, 0.3) is 0 Å². The lowest BCUT2D eigenvalue weighted by Crippen LogP contribution is -2.10. The van der Waals surface area contributed by atoms with Crippen LogP contribution < -0.4 is 0 Å². The van der Waals surface area contributed by atoms with E-state index in [9.17, 15) is 8.78 Å². The maximum Gasteiger partial charge on any atom is 0.153 e. The number of imidazole rings is 1. The molecule has 0 fully saturated rings. The van der Waals surface area contributed by atoms with E-state index in [0.29, 0.717) is 30.3 Å². The summed E-state index contributed by atoms with van der Waals surface area (Å²) in [5, 5.41) is 0. The summed E-state index contributed by atoms with van der Waals surface area (Å²) < 4.78 is 29.0. The zero-order chi connectivity index (χ0) is 14.0. The molecule has 1 heterocycles. The van der Waals surface area contributed by atoms with E-state index in [4.69, 9.17) is 11.6 Å². The van der Waals surface area contributed by atoms with E-state index in [-0.39, 0.29) is 5.52 Å². The first kappa shape index (κ1) is 14.3. The lowest BCUT2D eigenvalue weighted by atomic mass is 10.1. The van der Waals surface area contributed by atoms with Crippen molar-refractivity contribution < 1.29 is 8.78 Å². The Morgan fingerprint density at radius 3 is 2.74 bits per heavy atom. The highest BCUT2D eigenvalue weighted by Crippen LogP contribution is 2.23. The number of nitrogens with zero attached hydrogens (tertiary/aromatic N) is 2. The highest BCUT2D eigenvalue weighted by molar-refractivity contribution is 6.17. The molecule has 104 valence electrons. The molecule has 0 aliphatic rings. The minimum absolute atomic E-state index is 0.227. The monoisotopic (exact) mass is 286 g/mol. The summed E-state index contributed by atoms with van der Waals surface area (Å²) >= 11 is 5.76. The van der Waals surface area contributed by atoms with Gasteiger partial charge in [-0.1, -0.05) is 20.3 Å². The van der Waals surface area contributed by atoms with E-state index in [1.165, 1.54) is 6.07 Å². The van der Waals surface area contributed by atoms with Gasteiger partial charge in [0, 0.05) is 24.9 Å². The van der Waals surface area contributed by atoms with Crippen LogP contribution in [0.2, 0.25) is 0 Å². The molecule has 2 rings (SSSR count). The molecule has 19 heavy (non-hydrogen) atoms. The molecule has 2 aromatic rings. The van der Waals surface area contributed by atoms with Crippen LogP contribution in [-0.4, -0.2) is 15.4 Å².